The van der Waals surface area contributed by atoms with E-state index < -0.39 is 5.97 Å². The summed E-state index contributed by atoms with van der Waals surface area (Å²) in [6.45, 7) is 1.59. The number of hydrogen-bond acceptors (Lipinski definition) is 5. The molecule has 0 saturated carbocycles. The molecule has 0 bridgehead atoms. The van der Waals surface area contributed by atoms with Gasteiger partial charge in [-0.05, 0) is 30.8 Å². The molecule has 1 saturated heterocycles. The Morgan fingerprint density at radius 3 is 3.25 bits per heavy atom. The lowest BCUT2D eigenvalue weighted by Crippen LogP contribution is -2.30. The van der Waals surface area contributed by atoms with Crippen molar-refractivity contribution in [2.24, 2.45) is 0 Å². The summed E-state index contributed by atoms with van der Waals surface area (Å²) in [7, 11) is 0. The number of carboxylic acid groups (broad SMARTS) is 1. The molecular weight excluding hydrogens is 276 g/mol. The van der Waals surface area contributed by atoms with Crippen molar-refractivity contribution in [1.82, 2.24) is 9.88 Å². The second-order valence-corrected chi connectivity index (χ2v) is 5.93. The largest absolute Gasteiger partial charge is 0.481 e. The van der Waals surface area contributed by atoms with Gasteiger partial charge in [0, 0.05) is 12.6 Å². The number of rotatable bonds is 5. The number of nitrogens with zero attached hydrogens (tertiary/aromatic N) is 2. The summed E-state index contributed by atoms with van der Waals surface area (Å²) < 4.78 is 5.49. The third kappa shape index (κ3) is 2.91. The molecule has 0 amide bonds. The molecule has 20 heavy (non-hydrogen) atoms. The van der Waals surface area contributed by atoms with Gasteiger partial charge >= 0.3 is 5.97 Å². The van der Waals surface area contributed by atoms with Crippen LogP contribution in [0.4, 0.5) is 0 Å². The van der Waals surface area contributed by atoms with E-state index in [4.69, 9.17) is 9.52 Å². The zero-order valence-corrected chi connectivity index (χ0v) is 11.8. The van der Waals surface area contributed by atoms with Gasteiger partial charge in [0.1, 0.15) is 6.26 Å². The number of aromatic nitrogens is 1. The number of hydrogen-bond donors (Lipinski definition) is 1. The highest BCUT2D eigenvalue weighted by Gasteiger charge is 2.27. The second-order valence-electron chi connectivity index (χ2n) is 4.99. The van der Waals surface area contributed by atoms with E-state index in [0.29, 0.717) is 12.4 Å². The van der Waals surface area contributed by atoms with Crippen LogP contribution < -0.4 is 0 Å². The molecule has 0 radical (unpaired) electrons. The van der Waals surface area contributed by atoms with E-state index in [2.05, 4.69) is 9.88 Å². The number of carboxylic acids is 1. The van der Waals surface area contributed by atoms with Gasteiger partial charge in [-0.1, -0.05) is 6.07 Å². The Bertz CT molecular complexity index is 579. The summed E-state index contributed by atoms with van der Waals surface area (Å²) in [6.07, 6.45) is 3.87. The smallest absolute Gasteiger partial charge is 0.304 e. The van der Waals surface area contributed by atoms with E-state index in [1.54, 1.807) is 17.6 Å². The van der Waals surface area contributed by atoms with Gasteiger partial charge in [-0.3, -0.25) is 9.69 Å². The standard InChI is InChI=1S/C14H16N2O3S/c17-13(18)7-11-3-1-5-16(11)8-10-9-19-14(15-10)12-4-2-6-20-12/h2,4,6,9,11H,1,3,5,7-8H2,(H,17,18). The maximum atomic E-state index is 10.9. The van der Waals surface area contributed by atoms with Crippen LogP contribution in [0.2, 0.25) is 0 Å². The lowest BCUT2D eigenvalue weighted by atomic mass is 10.1. The molecule has 1 aliphatic heterocycles. The summed E-state index contributed by atoms with van der Waals surface area (Å²) in [5.74, 6) is -0.0923. The Labute approximate surface area is 120 Å². The maximum Gasteiger partial charge on any atom is 0.304 e. The monoisotopic (exact) mass is 292 g/mol. The molecule has 1 atom stereocenters. The predicted octanol–water partition coefficient (Wildman–Crippen LogP) is 2.84. The second kappa shape index (κ2) is 5.76. The van der Waals surface area contributed by atoms with Crippen LogP contribution in [0.3, 0.4) is 0 Å². The van der Waals surface area contributed by atoms with E-state index in [1.807, 2.05) is 17.5 Å². The fourth-order valence-corrected chi connectivity index (χ4v) is 3.29. The van der Waals surface area contributed by atoms with E-state index in [9.17, 15) is 4.79 Å². The van der Waals surface area contributed by atoms with Crippen molar-refractivity contribution in [1.29, 1.82) is 0 Å². The quantitative estimate of drug-likeness (QED) is 0.918. The molecule has 2 aromatic heterocycles. The third-order valence-corrected chi connectivity index (χ3v) is 4.42. The summed E-state index contributed by atoms with van der Waals surface area (Å²) >= 11 is 1.59. The van der Waals surface area contributed by atoms with Gasteiger partial charge in [0.05, 0.1) is 17.0 Å². The molecule has 5 nitrogen and oxygen atoms in total. The lowest BCUT2D eigenvalue weighted by Gasteiger charge is -2.21. The first-order chi connectivity index (χ1) is 9.72. The third-order valence-electron chi connectivity index (χ3n) is 3.56. The van der Waals surface area contributed by atoms with E-state index in [-0.39, 0.29) is 12.5 Å². The topological polar surface area (TPSA) is 66.6 Å². The van der Waals surface area contributed by atoms with Crippen LogP contribution in [0.15, 0.2) is 28.2 Å². The maximum absolute atomic E-state index is 10.9. The minimum atomic E-state index is -0.735. The van der Waals surface area contributed by atoms with Crippen molar-refractivity contribution in [3.05, 3.63) is 29.5 Å². The van der Waals surface area contributed by atoms with Crippen LogP contribution >= 0.6 is 11.3 Å². The number of aliphatic carboxylic acids is 1. The Hall–Kier alpha value is -1.66. The summed E-state index contributed by atoms with van der Waals surface area (Å²) in [4.78, 5) is 18.5. The van der Waals surface area contributed by atoms with Crippen LogP contribution in [0.25, 0.3) is 10.8 Å². The van der Waals surface area contributed by atoms with Gasteiger partial charge in [-0.2, -0.15) is 0 Å². The van der Waals surface area contributed by atoms with Crippen LogP contribution in [0.5, 0.6) is 0 Å². The molecule has 1 N–H and O–H groups in total. The summed E-state index contributed by atoms with van der Waals surface area (Å²) in [5.41, 5.74) is 0.866. The van der Waals surface area contributed by atoms with Crippen molar-refractivity contribution in [3.8, 4) is 10.8 Å². The van der Waals surface area contributed by atoms with Crippen LogP contribution in [0.1, 0.15) is 25.0 Å². The van der Waals surface area contributed by atoms with Gasteiger partial charge in [0.2, 0.25) is 5.89 Å². The average molecular weight is 292 g/mol. The minimum absolute atomic E-state index is 0.120. The highest BCUT2D eigenvalue weighted by atomic mass is 32.1. The Kier molecular flexibility index (Phi) is 3.84. The van der Waals surface area contributed by atoms with Crippen LogP contribution in [-0.2, 0) is 11.3 Å². The molecule has 3 heterocycles. The van der Waals surface area contributed by atoms with E-state index in [1.165, 1.54) is 0 Å². The molecule has 2 aromatic rings. The zero-order chi connectivity index (χ0) is 13.9. The normalized spacial score (nSPS) is 19.5. The predicted molar refractivity (Wildman–Crippen MR) is 75.5 cm³/mol. The molecule has 3 rings (SSSR count). The van der Waals surface area contributed by atoms with Crippen molar-refractivity contribution in [3.63, 3.8) is 0 Å². The van der Waals surface area contributed by atoms with Gasteiger partial charge in [0.25, 0.3) is 0 Å². The zero-order valence-electron chi connectivity index (χ0n) is 11.0. The molecule has 6 heteroatoms. The highest BCUT2D eigenvalue weighted by molar-refractivity contribution is 7.13. The molecular formula is C14H16N2O3S. The summed E-state index contributed by atoms with van der Waals surface area (Å²) in [6, 6.07) is 4.06. The Balaban J connectivity index is 1.67. The summed E-state index contributed by atoms with van der Waals surface area (Å²) in [5, 5.41) is 10.9. The molecule has 1 unspecified atom stereocenters. The highest BCUT2D eigenvalue weighted by Crippen LogP contribution is 2.26. The fraction of sp³-hybridized carbons (Fsp3) is 0.429. The van der Waals surface area contributed by atoms with Gasteiger partial charge in [0.15, 0.2) is 0 Å². The van der Waals surface area contributed by atoms with Crippen molar-refractivity contribution >= 4 is 17.3 Å². The molecule has 1 fully saturated rings. The minimum Gasteiger partial charge on any atom is -0.481 e. The van der Waals surface area contributed by atoms with Crippen molar-refractivity contribution < 1.29 is 14.3 Å². The molecule has 0 aliphatic carbocycles. The fourth-order valence-electron chi connectivity index (χ4n) is 2.64. The first kappa shape index (κ1) is 13.3. The van der Waals surface area contributed by atoms with E-state index >= 15 is 0 Å². The van der Waals surface area contributed by atoms with Gasteiger partial charge < -0.3 is 9.52 Å². The molecule has 106 valence electrons. The van der Waals surface area contributed by atoms with Crippen molar-refractivity contribution in [2.45, 2.75) is 31.8 Å². The number of oxazole rings is 1. The number of thiophene rings is 1. The Morgan fingerprint density at radius 2 is 2.50 bits per heavy atom. The molecule has 1 aliphatic rings. The first-order valence-corrected chi connectivity index (χ1v) is 7.54. The lowest BCUT2D eigenvalue weighted by molar-refractivity contribution is -0.138. The SMILES string of the molecule is O=C(O)CC1CCCN1Cc1coc(-c2cccs2)n1. The Morgan fingerprint density at radius 1 is 1.60 bits per heavy atom. The van der Waals surface area contributed by atoms with Crippen molar-refractivity contribution in [2.75, 3.05) is 6.54 Å². The van der Waals surface area contributed by atoms with Gasteiger partial charge in [-0.25, -0.2) is 4.98 Å². The van der Waals surface area contributed by atoms with Crippen LogP contribution in [-0.4, -0.2) is 33.5 Å². The number of likely N-dealkylation sites (tertiary alicyclic amines) is 1. The van der Waals surface area contributed by atoms with Gasteiger partial charge in [-0.15, -0.1) is 11.3 Å². The average Bonchev–Trinajstić information content (AvgIpc) is 3.11. The van der Waals surface area contributed by atoms with E-state index in [0.717, 1.165) is 30.0 Å². The number of carbonyl (C=O) groups is 1. The molecule has 0 spiro atoms. The molecule has 0 aromatic carbocycles. The van der Waals surface area contributed by atoms with Crippen LogP contribution in [0, 0.1) is 0 Å². The first-order valence-electron chi connectivity index (χ1n) is 6.66.